The van der Waals surface area contributed by atoms with Crippen molar-refractivity contribution >= 4 is 40.8 Å². The van der Waals surface area contributed by atoms with Gasteiger partial charge in [-0.3, -0.25) is 4.79 Å². The van der Waals surface area contributed by atoms with Crippen molar-refractivity contribution in [2.75, 3.05) is 5.32 Å². The molecule has 4 rings (SSSR count). The van der Waals surface area contributed by atoms with Gasteiger partial charge in [0.05, 0.1) is 28.2 Å². The van der Waals surface area contributed by atoms with Gasteiger partial charge in [0.1, 0.15) is 5.56 Å². The number of alkyl halides is 3. The first-order valence-corrected chi connectivity index (χ1v) is 10.5. The molecule has 0 fully saturated rings. The van der Waals surface area contributed by atoms with E-state index >= 15 is 0 Å². The van der Waals surface area contributed by atoms with Crippen molar-refractivity contribution < 1.29 is 27.9 Å². The summed E-state index contributed by atoms with van der Waals surface area (Å²) in [6, 6.07) is 15.1. The number of carbonyl (C=O) groups excluding carboxylic acids is 1. The molecule has 2 heterocycles. The second kappa shape index (κ2) is 9.40. The Morgan fingerprint density at radius 3 is 2.40 bits per heavy atom. The van der Waals surface area contributed by atoms with Crippen LogP contribution in [0.4, 0.5) is 18.9 Å². The van der Waals surface area contributed by atoms with E-state index in [1.807, 2.05) is 0 Å². The lowest BCUT2D eigenvalue weighted by Gasteiger charge is -2.14. The van der Waals surface area contributed by atoms with Gasteiger partial charge in [0, 0.05) is 10.6 Å². The van der Waals surface area contributed by atoms with E-state index in [1.54, 1.807) is 18.2 Å². The number of halogens is 5. The third-order valence-electron chi connectivity index (χ3n) is 4.84. The van der Waals surface area contributed by atoms with Crippen LogP contribution >= 0.6 is 23.2 Å². The number of aromatic carboxylic acids is 1. The molecular formula is C23H13Cl2F3N4O3. The second-order valence-corrected chi connectivity index (χ2v) is 7.97. The molecule has 2 aromatic carbocycles. The summed E-state index contributed by atoms with van der Waals surface area (Å²) in [5, 5.41) is 16.0. The van der Waals surface area contributed by atoms with Crippen molar-refractivity contribution in [2.24, 2.45) is 0 Å². The number of anilines is 1. The first-order chi connectivity index (χ1) is 16.6. The molecule has 0 atom stereocenters. The summed E-state index contributed by atoms with van der Waals surface area (Å²) in [7, 11) is 0. The molecule has 7 nitrogen and oxygen atoms in total. The van der Waals surface area contributed by atoms with E-state index in [2.05, 4.69) is 15.4 Å². The van der Waals surface area contributed by atoms with Gasteiger partial charge in [-0.25, -0.2) is 14.5 Å². The van der Waals surface area contributed by atoms with Gasteiger partial charge in [-0.05, 0) is 42.5 Å². The lowest BCUT2D eigenvalue weighted by Crippen LogP contribution is -2.18. The fourth-order valence-corrected chi connectivity index (χ4v) is 3.71. The Bertz CT molecular complexity index is 1450. The Morgan fingerprint density at radius 2 is 1.71 bits per heavy atom. The van der Waals surface area contributed by atoms with Gasteiger partial charge in [0.15, 0.2) is 11.5 Å². The second-order valence-electron chi connectivity index (χ2n) is 7.13. The Kier molecular flexibility index (Phi) is 6.51. The summed E-state index contributed by atoms with van der Waals surface area (Å²) < 4.78 is 41.3. The number of nitrogens with zero attached hydrogens (tertiary/aromatic N) is 3. The number of pyridine rings is 1. The number of carboxylic acids is 1. The minimum Gasteiger partial charge on any atom is -0.478 e. The molecule has 0 bridgehead atoms. The third-order valence-corrected chi connectivity index (χ3v) is 5.41. The zero-order valence-corrected chi connectivity index (χ0v) is 18.9. The van der Waals surface area contributed by atoms with Crippen LogP contribution in [-0.2, 0) is 6.18 Å². The van der Waals surface area contributed by atoms with Crippen LogP contribution < -0.4 is 5.32 Å². The quantitative estimate of drug-likeness (QED) is 0.326. The van der Waals surface area contributed by atoms with E-state index in [0.717, 1.165) is 0 Å². The van der Waals surface area contributed by atoms with Crippen LogP contribution in [0.5, 0.6) is 0 Å². The number of benzene rings is 2. The molecule has 12 heteroatoms. The van der Waals surface area contributed by atoms with E-state index in [-0.39, 0.29) is 32.8 Å². The van der Waals surface area contributed by atoms with Gasteiger partial charge < -0.3 is 10.4 Å². The van der Waals surface area contributed by atoms with Gasteiger partial charge in [-0.15, -0.1) is 0 Å². The fraction of sp³-hybridized carbons (Fsp3) is 0.0435. The van der Waals surface area contributed by atoms with Gasteiger partial charge in [0.25, 0.3) is 5.91 Å². The van der Waals surface area contributed by atoms with Crippen molar-refractivity contribution in [1.82, 2.24) is 14.8 Å². The van der Waals surface area contributed by atoms with E-state index in [9.17, 15) is 22.8 Å². The molecule has 0 unspecified atom stereocenters. The molecule has 1 amide bonds. The molecule has 0 radical (unpaired) electrons. The summed E-state index contributed by atoms with van der Waals surface area (Å²) in [5.74, 6) is -2.59. The lowest BCUT2D eigenvalue weighted by atomic mass is 10.1. The summed E-state index contributed by atoms with van der Waals surface area (Å²) in [4.78, 5) is 28.3. The van der Waals surface area contributed by atoms with Crippen LogP contribution in [-0.4, -0.2) is 31.7 Å². The highest BCUT2D eigenvalue weighted by molar-refractivity contribution is 6.34. The number of carboxylic acid groups (broad SMARTS) is 1. The zero-order valence-electron chi connectivity index (χ0n) is 17.3. The Morgan fingerprint density at radius 1 is 0.971 bits per heavy atom. The van der Waals surface area contributed by atoms with Gasteiger partial charge in [-0.2, -0.15) is 18.3 Å². The van der Waals surface area contributed by atoms with Crippen molar-refractivity contribution in [3.8, 4) is 17.1 Å². The maximum absolute atomic E-state index is 13.6. The fourth-order valence-electron chi connectivity index (χ4n) is 3.32. The number of nitrogens with one attached hydrogen (secondary N) is 1. The van der Waals surface area contributed by atoms with Crippen molar-refractivity contribution in [1.29, 1.82) is 0 Å². The van der Waals surface area contributed by atoms with Crippen molar-refractivity contribution in [3.63, 3.8) is 0 Å². The Hall–Kier alpha value is -3.89. The van der Waals surface area contributed by atoms with Crippen LogP contribution in [0.15, 0.2) is 66.9 Å². The van der Waals surface area contributed by atoms with E-state index in [4.69, 9.17) is 28.3 Å². The number of hydrogen-bond donors (Lipinski definition) is 2. The molecule has 4 aromatic rings. The highest BCUT2D eigenvalue weighted by Crippen LogP contribution is 2.35. The zero-order chi connectivity index (χ0) is 25.3. The average Bonchev–Trinajstić information content (AvgIpc) is 3.27. The largest absolute Gasteiger partial charge is 0.478 e. The normalized spacial score (nSPS) is 11.3. The molecular weight excluding hydrogens is 508 g/mol. The van der Waals surface area contributed by atoms with Gasteiger partial charge in [-0.1, -0.05) is 41.4 Å². The summed E-state index contributed by atoms with van der Waals surface area (Å²) in [5.41, 5.74) is -1.55. The maximum atomic E-state index is 13.6. The molecule has 0 spiro atoms. The van der Waals surface area contributed by atoms with E-state index in [1.165, 1.54) is 42.5 Å². The average molecular weight is 521 g/mol. The minimum atomic E-state index is -5.01. The predicted octanol–water partition coefficient (Wildman–Crippen LogP) is 6.21. The first kappa shape index (κ1) is 24.2. The Balaban J connectivity index is 1.79. The molecule has 0 aliphatic heterocycles. The lowest BCUT2D eigenvalue weighted by molar-refractivity contribution is -0.143. The summed E-state index contributed by atoms with van der Waals surface area (Å²) in [6.07, 6.45) is -4.40. The minimum absolute atomic E-state index is 0.153. The summed E-state index contributed by atoms with van der Waals surface area (Å²) >= 11 is 12.2. The van der Waals surface area contributed by atoms with Crippen LogP contribution in [0, 0.1) is 0 Å². The smallest absolute Gasteiger partial charge is 0.434 e. The molecule has 0 aliphatic carbocycles. The topological polar surface area (TPSA) is 97.1 Å². The highest BCUT2D eigenvalue weighted by Gasteiger charge is 2.41. The van der Waals surface area contributed by atoms with E-state index in [0.29, 0.717) is 16.4 Å². The molecule has 178 valence electrons. The SMILES string of the molecule is O=C(Nc1ccc(Cl)cc1-c1cccc(-n2ncc(C(=O)O)c2C(F)(F)F)n1)c1ccccc1Cl. The molecule has 35 heavy (non-hydrogen) atoms. The number of rotatable bonds is 5. The molecule has 0 saturated heterocycles. The number of carbonyl (C=O) groups is 2. The predicted molar refractivity (Wildman–Crippen MR) is 123 cm³/mol. The third kappa shape index (κ3) is 4.98. The van der Waals surface area contributed by atoms with Crippen LogP contribution in [0.3, 0.4) is 0 Å². The van der Waals surface area contributed by atoms with Crippen LogP contribution in [0.1, 0.15) is 26.4 Å². The number of hydrogen-bond acceptors (Lipinski definition) is 4. The molecule has 2 N–H and O–H groups in total. The number of amides is 1. The van der Waals surface area contributed by atoms with Crippen molar-refractivity contribution in [2.45, 2.75) is 6.18 Å². The summed E-state index contributed by atoms with van der Waals surface area (Å²) in [6.45, 7) is 0. The molecule has 0 saturated carbocycles. The standard InChI is InChI=1S/C23H13Cl2F3N4O3/c24-12-8-9-18(31-21(33)13-4-1-2-5-16(13)25)14(10-12)17-6-3-7-19(30-17)32-20(23(26,27)28)15(11-29-32)22(34)35/h1-11H,(H,31,33)(H,34,35). The molecule has 0 aliphatic rings. The maximum Gasteiger partial charge on any atom is 0.434 e. The number of aromatic nitrogens is 3. The van der Waals surface area contributed by atoms with E-state index < -0.39 is 29.3 Å². The monoisotopic (exact) mass is 520 g/mol. The Labute approximate surface area is 205 Å². The highest BCUT2D eigenvalue weighted by atomic mass is 35.5. The van der Waals surface area contributed by atoms with Crippen LogP contribution in [0.25, 0.3) is 17.1 Å². The first-order valence-electron chi connectivity index (χ1n) is 9.78. The van der Waals surface area contributed by atoms with Gasteiger partial charge in [0.2, 0.25) is 0 Å². The van der Waals surface area contributed by atoms with Gasteiger partial charge >= 0.3 is 12.1 Å². The van der Waals surface area contributed by atoms with Crippen molar-refractivity contribution in [3.05, 3.63) is 93.7 Å². The molecule has 2 aromatic heterocycles. The van der Waals surface area contributed by atoms with Crippen LogP contribution in [0.2, 0.25) is 10.0 Å².